The van der Waals surface area contributed by atoms with Crippen molar-refractivity contribution in [2.24, 2.45) is 45.8 Å². The van der Waals surface area contributed by atoms with Crippen LogP contribution in [0.25, 0.3) is 0 Å². The van der Waals surface area contributed by atoms with Gasteiger partial charge in [0.2, 0.25) is 0 Å². The van der Waals surface area contributed by atoms with Crippen molar-refractivity contribution < 1.29 is 48.3 Å². The van der Waals surface area contributed by atoms with E-state index in [1.54, 1.807) is 6.92 Å². The second kappa shape index (κ2) is 13.8. The molecule has 10 heteroatoms. The number of aliphatic carboxylic acids is 1. The summed E-state index contributed by atoms with van der Waals surface area (Å²) in [6.45, 7) is 10.4. The summed E-state index contributed by atoms with van der Waals surface area (Å²) >= 11 is 0. The number of carbonyl (C=O) groups excluding carboxylic acids is 2. The van der Waals surface area contributed by atoms with Crippen molar-refractivity contribution in [3.05, 3.63) is 11.6 Å². The minimum atomic E-state index is -1.41. The maximum Gasteiger partial charge on any atom is 0.508 e. The smallest absolute Gasteiger partial charge is 0.481 e. The standard InChI is InChI=1S/C36H56O10/c1-7-8-9-10-11-12-15-43-33(41)46-30-28(38)31(45-23(5)29(30)42-6)44-20-35-18-25-22(4)13-14-26(25)34(19-37)17-24(35)16-27(21(2)3)36(34,35)32(39)40/h16,19,21-26,28-31,38H,7-15,17-18,20H2,1-6H3,(H,39,40)/t22-,23-,24?,25-,26-,28?,29-,30+,31-,34?,35?,36?/m1/s1. The molecule has 0 spiro atoms. The fourth-order valence-corrected chi connectivity index (χ4v) is 10.6. The van der Waals surface area contributed by atoms with E-state index in [1.165, 1.54) is 13.5 Å². The number of aldehydes is 1. The Kier molecular flexibility index (Phi) is 10.6. The fourth-order valence-electron chi connectivity index (χ4n) is 10.6. The van der Waals surface area contributed by atoms with Crippen LogP contribution in [0.4, 0.5) is 4.79 Å². The number of ether oxygens (including phenoxy) is 5. The summed E-state index contributed by atoms with van der Waals surface area (Å²) in [6, 6.07) is 0. The Labute approximate surface area is 273 Å². The lowest BCUT2D eigenvalue weighted by molar-refractivity contribution is -0.307. The average molecular weight is 649 g/mol. The first-order valence-electron chi connectivity index (χ1n) is 17.7. The van der Waals surface area contributed by atoms with Crippen molar-refractivity contribution in [2.45, 2.75) is 130 Å². The first kappa shape index (κ1) is 35.3. The molecule has 4 bridgehead atoms. The molecule has 0 aromatic heterocycles. The molecule has 4 aliphatic carbocycles. The molecule has 1 saturated heterocycles. The van der Waals surface area contributed by atoms with Crippen molar-refractivity contribution in [3.63, 3.8) is 0 Å². The van der Waals surface area contributed by atoms with Crippen molar-refractivity contribution in [1.29, 1.82) is 0 Å². The van der Waals surface area contributed by atoms with Gasteiger partial charge >= 0.3 is 12.1 Å². The Morgan fingerprint density at radius 1 is 1.09 bits per heavy atom. The molecule has 0 aromatic carbocycles. The van der Waals surface area contributed by atoms with Crippen molar-refractivity contribution >= 4 is 18.4 Å². The van der Waals surface area contributed by atoms with Gasteiger partial charge in [0.25, 0.3) is 0 Å². The minimum absolute atomic E-state index is 0.0100. The van der Waals surface area contributed by atoms with Gasteiger partial charge in [0.1, 0.15) is 23.9 Å². The number of aliphatic hydroxyl groups excluding tert-OH is 1. The van der Waals surface area contributed by atoms with E-state index in [1.807, 2.05) is 13.8 Å². The molecule has 260 valence electrons. The maximum atomic E-state index is 13.7. The summed E-state index contributed by atoms with van der Waals surface area (Å²) in [4.78, 5) is 39.7. The number of hydrogen-bond donors (Lipinski definition) is 2. The predicted octanol–water partition coefficient (Wildman–Crippen LogP) is 5.93. The second-order valence-electron chi connectivity index (χ2n) is 15.1. The fraction of sp³-hybridized carbons (Fsp3) is 0.861. The summed E-state index contributed by atoms with van der Waals surface area (Å²) in [5.74, 6) is -0.594. The highest BCUT2D eigenvalue weighted by Gasteiger charge is 2.84. The molecule has 4 fully saturated rings. The van der Waals surface area contributed by atoms with Gasteiger partial charge < -0.3 is 38.7 Å². The van der Waals surface area contributed by atoms with Crippen molar-refractivity contribution in [3.8, 4) is 0 Å². The number of fused-ring (bicyclic) bond motifs is 2. The molecule has 1 aliphatic heterocycles. The van der Waals surface area contributed by atoms with E-state index in [4.69, 9.17) is 23.7 Å². The molecule has 46 heavy (non-hydrogen) atoms. The molecule has 3 saturated carbocycles. The zero-order chi connectivity index (χ0) is 33.4. The molecular weight excluding hydrogens is 592 g/mol. The van der Waals surface area contributed by atoms with E-state index in [0.29, 0.717) is 18.8 Å². The van der Waals surface area contributed by atoms with Crippen molar-refractivity contribution in [2.75, 3.05) is 20.3 Å². The van der Waals surface area contributed by atoms with Gasteiger partial charge in [0, 0.05) is 12.5 Å². The van der Waals surface area contributed by atoms with Crippen LogP contribution in [0.5, 0.6) is 0 Å². The summed E-state index contributed by atoms with van der Waals surface area (Å²) in [7, 11) is 1.46. The Hall–Kier alpha value is -2.01. The van der Waals surface area contributed by atoms with Gasteiger partial charge in [-0.2, -0.15) is 0 Å². The number of unbranched alkanes of at least 4 members (excludes halogenated alkanes) is 5. The maximum absolute atomic E-state index is 13.7. The number of carboxylic acids is 1. The highest BCUT2D eigenvalue weighted by Crippen LogP contribution is 2.82. The number of rotatable bonds is 15. The first-order valence-corrected chi connectivity index (χ1v) is 17.7. The van der Waals surface area contributed by atoms with E-state index < -0.39 is 59.1 Å². The highest BCUT2D eigenvalue weighted by atomic mass is 16.8. The Morgan fingerprint density at radius 2 is 1.80 bits per heavy atom. The molecule has 5 aliphatic rings. The Balaban J connectivity index is 1.35. The molecular formula is C36H56O10. The molecule has 10 nitrogen and oxygen atoms in total. The zero-order valence-electron chi connectivity index (χ0n) is 28.6. The quantitative estimate of drug-likeness (QED) is 0.0951. The molecule has 0 aromatic rings. The van der Waals surface area contributed by atoms with E-state index in [-0.39, 0.29) is 36.9 Å². The van der Waals surface area contributed by atoms with Gasteiger partial charge in [-0.1, -0.05) is 77.9 Å². The van der Waals surface area contributed by atoms with Gasteiger partial charge in [-0.25, -0.2) is 4.79 Å². The lowest BCUT2D eigenvalue weighted by Gasteiger charge is -2.58. The zero-order valence-corrected chi connectivity index (χ0v) is 28.6. The van der Waals surface area contributed by atoms with E-state index in [2.05, 4.69) is 19.9 Å². The normalized spacial score (nSPS) is 42.5. The van der Waals surface area contributed by atoms with Gasteiger partial charge in [-0.15, -0.1) is 0 Å². The topological polar surface area (TPSA) is 138 Å². The summed E-state index contributed by atoms with van der Waals surface area (Å²) in [5, 5.41) is 22.7. The molecule has 5 rings (SSSR count). The van der Waals surface area contributed by atoms with E-state index in [9.17, 15) is 24.6 Å². The van der Waals surface area contributed by atoms with E-state index in [0.717, 1.165) is 56.8 Å². The molecule has 1 heterocycles. The van der Waals surface area contributed by atoms with Crippen molar-refractivity contribution in [1.82, 2.24) is 0 Å². The third kappa shape index (κ3) is 5.34. The number of carbonyl (C=O) groups is 3. The third-order valence-corrected chi connectivity index (χ3v) is 12.6. The van der Waals surface area contributed by atoms with Crippen LogP contribution in [0.2, 0.25) is 0 Å². The largest absolute Gasteiger partial charge is 0.508 e. The van der Waals surface area contributed by atoms with Crippen LogP contribution in [0.15, 0.2) is 11.6 Å². The van der Waals surface area contributed by atoms with Crippen LogP contribution in [-0.2, 0) is 33.3 Å². The first-order chi connectivity index (χ1) is 21.9. The van der Waals surface area contributed by atoms with Crippen LogP contribution >= 0.6 is 0 Å². The van der Waals surface area contributed by atoms with Crippen LogP contribution in [0.3, 0.4) is 0 Å². The van der Waals surface area contributed by atoms with Gasteiger partial charge in [0.15, 0.2) is 12.4 Å². The van der Waals surface area contributed by atoms with Gasteiger partial charge in [-0.3, -0.25) is 4.79 Å². The van der Waals surface area contributed by atoms with Gasteiger partial charge in [0.05, 0.1) is 24.7 Å². The van der Waals surface area contributed by atoms with E-state index >= 15 is 0 Å². The number of aliphatic hydroxyl groups is 1. The molecule has 2 N–H and O–H groups in total. The molecule has 0 radical (unpaired) electrons. The van der Waals surface area contributed by atoms with Crippen LogP contribution in [0, 0.1) is 45.8 Å². The minimum Gasteiger partial charge on any atom is -0.481 e. The Morgan fingerprint density at radius 3 is 2.46 bits per heavy atom. The number of methoxy groups -OCH3 is 1. The monoisotopic (exact) mass is 648 g/mol. The summed E-state index contributed by atoms with van der Waals surface area (Å²) in [6.07, 6.45) is 6.33. The molecule has 12 atom stereocenters. The Bertz CT molecular complexity index is 1150. The number of hydrogen-bond acceptors (Lipinski definition) is 9. The summed E-state index contributed by atoms with van der Waals surface area (Å²) < 4.78 is 29.1. The third-order valence-electron chi connectivity index (χ3n) is 12.6. The van der Waals surface area contributed by atoms with Crippen LogP contribution in [0.1, 0.15) is 98.8 Å². The van der Waals surface area contributed by atoms with Crippen LogP contribution < -0.4 is 0 Å². The second-order valence-corrected chi connectivity index (χ2v) is 15.1. The van der Waals surface area contributed by atoms with Gasteiger partial charge in [-0.05, 0) is 62.2 Å². The lowest BCUT2D eigenvalue weighted by Crippen LogP contribution is -2.64. The predicted molar refractivity (Wildman–Crippen MR) is 169 cm³/mol. The van der Waals surface area contributed by atoms with Crippen LogP contribution in [-0.4, -0.2) is 79.7 Å². The SMILES string of the molecule is CCCCCCCCOC(=O)O[C@H]1C(O)[C@H](OCC23C[C@@H]4[C@H](C)CC[C@H]4C4(C=O)CC2C=C(C(C)C)C34C(=O)O)O[C@H](C)[C@H]1OC. The lowest BCUT2D eigenvalue weighted by atomic mass is 9.43. The summed E-state index contributed by atoms with van der Waals surface area (Å²) in [5.41, 5.74) is -2.48. The number of allylic oxidation sites excluding steroid dienone is 1. The molecule has 5 unspecified atom stereocenters. The highest BCUT2D eigenvalue weighted by molar-refractivity contribution is 5.90. The number of carboxylic acid groups (broad SMARTS) is 1. The molecule has 0 amide bonds. The average Bonchev–Trinajstić information content (AvgIpc) is 3.59.